The van der Waals surface area contributed by atoms with E-state index in [1.165, 1.54) is 37.7 Å². The molecule has 1 atom stereocenters. The predicted molar refractivity (Wildman–Crippen MR) is 79.5 cm³/mol. The summed E-state index contributed by atoms with van der Waals surface area (Å²) in [4.78, 5) is 15.4. The van der Waals surface area contributed by atoms with E-state index in [4.69, 9.17) is 4.42 Å². The fourth-order valence-corrected chi connectivity index (χ4v) is 3.71. The number of amides is 1. The van der Waals surface area contributed by atoms with Crippen molar-refractivity contribution in [1.82, 2.24) is 10.2 Å². The summed E-state index contributed by atoms with van der Waals surface area (Å²) in [6.45, 7) is 5.33. The molecule has 1 amide bonds. The van der Waals surface area contributed by atoms with Crippen LogP contribution in [0.15, 0.2) is 33.1 Å². The molecule has 1 N–H and O–H groups in total. The Morgan fingerprint density at radius 1 is 1.50 bits per heavy atom. The average molecular weight is 292 g/mol. The van der Waals surface area contributed by atoms with Crippen molar-refractivity contribution >= 4 is 17.7 Å². The van der Waals surface area contributed by atoms with Gasteiger partial charge in [0.05, 0.1) is 11.2 Å². The van der Waals surface area contributed by atoms with Crippen LogP contribution in [0.3, 0.4) is 0 Å². The normalized spacial score (nSPS) is 28.9. The van der Waals surface area contributed by atoms with E-state index in [-0.39, 0.29) is 5.91 Å². The summed E-state index contributed by atoms with van der Waals surface area (Å²) < 4.78 is 5.22. The molecule has 0 unspecified atom stereocenters. The van der Waals surface area contributed by atoms with Gasteiger partial charge < -0.3 is 14.6 Å². The minimum atomic E-state index is 0.0115. The predicted octanol–water partition coefficient (Wildman–Crippen LogP) is 2.40. The van der Waals surface area contributed by atoms with Gasteiger partial charge in [-0.2, -0.15) is 0 Å². The first-order valence-electron chi connectivity index (χ1n) is 7.12. The summed E-state index contributed by atoms with van der Waals surface area (Å²) in [5.74, 6) is 1.57. The van der Waals surface area contributed by atoms with Gasteiger partial charge in [-0.1, -0.05) is 11.8 Å². The molecular weight excluding hydrogens is 272 g/mol. The lowest BCUT2D eigenvalue weighted by Crippen LogP contribution is -2.57. The molecule has 1 aromatic rings. The van der Waals surface area contributed by atoms with Crippen LogP contribution in [-0.4, -0.2) is 36.5 Å². The molecule has 4 heterocycles. The number of fused-ring (bicyclic) bond motifs is 3. The van der Waals surface area contributed by atoms with Crippen LogP contribution in [-0.2, 0) is 4.79 Å². The molecular formula is C15H20N2O2S. The maximum Gasteiger partial charge on any atom is 0.244 e. The molecule has 20 heavy (non-hydrogen) atoms. The van der Waals surface area contributed by atoms with Crippen LogP contribution in [0.2, 0.25) is 0 Å². The molecule has 3 aliphatic rings. The highest BCUT2D eigenvalue weighted by Gasteiger charge is 2.34. The molecule has 3 saturated heterocycles. The fourth-order valence-electron chi connectivity index (χ4n) is 3.02. The summed E-state index contributed by atoms with van der Waals surface area (Å²) >= 11 is 1.51. The zero-order valence-corrected chi connectivity index (χ0v) is 12.5. The second kappa shape index (κ2) is 6.06. The van der Waals surface area contributed by atoms with Crippen molar-refractivity contribution in [1.29, 1.82) is 0 Å². The van der Waals surface area contributed by atoms with Crippen LogP contribution >= 0.6 is 11.8 Å². The molecule has 4 nitrogen and oxygen atoms in total. The smallest absolute Gasteiger partial charge is 0.244 e. The van der Waals surface area contributed by atoms with Crippen molar-refractivity contribution < 1.29 is 9.21 Å². The number of nitrogens with zero attached hydrogens (tertiary/aromatic N) is 1. The zero-order valence-electron chi connectivity index (χ0n) is 11.7. The van der Waals surface area contributed by atoms with Gasteiger partial charge in [0.15, 0.2) is 0 Å². The highest BCUT2D eigenvalue weighted by Crippen LogP contribution is 2.27. The van der Waals surface area contributed by atoms with E-state index in [2.05, 4.69) is 10.2 Å². The van der Waals surface area contributed by atoms with Gasteiger partial charge >= 0.3 is 0 Å². The van der Waals surface area contributed by atoms with Gasteiger partial charge in [-0.05, 0) is 50.2 Å². The maximum absolute atomic E-state index is 11.9. The fraction of sp³-hybridized carbons (Fsp3) is 0.533. The first-order valence-corrected chi connectivity index (χ1v) is 8.00. The molecule has 3 aliphatic heterocycles. The lowest BCUT2D eigenvalue weighted by molar-refractivity contribution is -0.118. The second-order valence-corrected chi connectivity index (χ2v) is 6.46. The Bertz CT molecular complexity index is 504. The lowest BCUT2D eigenvalue weighted by atomic mass is 9.84. The molecule has 2 bridgehead atoms. The van der Waals surface area contributed by atoms with Crippen molar-refractivity contribution in [3.63, 3.8) is 0 Å². The molecule has 0 radical (unpaired) electrons. The maximum atomic E-state index is 11.9. The summed E-state index contributed by atoms with van der Waals surface area (Å²) in [5.41, 5.74) is 0. The van der Waals surface area contributed by atoms with E-state index < -0.39 is 0 Å². The number of nitrogens with one attached hydrogen (secondary N) is 1. The summed E-state index contributed by atoms with van der Waals surface area (Å²) in [7, 11) is 0. The topological polar surface area (TPSA) is 45.5 Å². The largest absolute Gasteiger partial charge is 0.468 e. The molecule has 3 fully saturated rings. The van der Waals surface area contributed by atoms with Crippen LogP contribution in [0.4, 0.5) is 0 Å². The Kier molecular flexibility index (Phi) is 4.17. The van der Waals surface area contributed by atoms with Crippen molar-refractivity contribution in [2.45, 2.75) is 30.7 Å². The van der Waals surface area contributed by atoms with Crippen LogP contribution in [0.1, 0.15) is 18.6 Å². The molecule has 1 aromatic heterocycles. The Morgan fingerprint density at radius 2 is 2.30 bits per heavy atom. The quantitative estimate of drug-likeness (QED) is 0.684. The first-order chi connectivity index (χ1) is 9.72. The summed E-state index contributed by atoms with van der Waals surface area (Å²) in [6.07, 6.45) is 5.72. The summed E-state index contributed by atoms with van der Waals surface area (Å²) in [5, 5.41) is 4.97. The molecule has 4 rings (SSSR count). The van der Waals surface area contributed by atoms with E-state index in [0.29, 0.717) is 12.0 Å². The SMILES string of the molecule is Cc1occc1S/C=C/C(=O)N[C@H]1CN2CCC1CC2. The van der Waals surface area contributed by atoms with Gasteiger partial charge in [0.2, 0.25) is 5.91 Å². The summed E-state index contributed by atoms with van der Waals surface area (Å²) in [6, 6.07) is 2.24. The van der Waals surface area contributed by atoms with E-state index in [0.717, 1.165) is 17.2 Å². The van der Waals surface area contributed by atoms with E-state index in [1.54, 1.807) is 12.3 Å². The van der Waals surface area contributed by atoms with Crippen LogP contribution in [0.5, 0.6) is 0 Å². The average Bonchev–Trinajstić information content (AvgIpc) is 2.86. The number of piperidine rings is 3. The molecule has 108 valence electrons. The molecule has 0 aliphatic carbocycles. The molecule has 5 heteroatoms. The monoisotopic (exact) mass is 292 g/mol. The molecule has 0 aromatic carbocycles. The number of hydrogen-bond donors (Lipinski definition) is 1. The van der Waals surface area contributed by atoms with Gasteiger partial charge in [0, 0.05) is 18.7 Å². The van der Waals surface area contributed by atoms with Gasteiger partial charge in [-0.3, -0.25) is 4.79 Å². The van der Waals surface area contributed by atoms with Crippen LogP contribution in [0, 0.1) is 12.8 Å². The van der Waals surface area contributed by atoms with E-state index in [9.17, 15) is 4.79 Å². The number of thioether (sulfide) groups is 1. The number of furan rings is 1. The standard InChI is InChI=1S/C15H20N2O2S/c1-11-14(4-8-19-11)20-9-5-15(18)16-13-10-17-6-2-12(13)3-7-17/h4-5,8-9,12-13H,2-3,6-7,10H2,1H3,(H,16,18)/b9-5+/t13-/m0/s1. The zero-order chi connectivity index (χ0) is 13.9. The Balaban J connectivity index is 1.49. The van der Waals surface area contributed by atoms with Gasteiger partial charge in [0.25, 0.3) is 0 Å². The van der Waals surface area contributed by atoms with Crippen molar-refractivity contribution in [2.75, 3.05) is 19.6 Å². The van der Waals surface area contributed by atoms with Gasteiger partial charge in [-0.15, -0.1) is 0 Å². The molecule has 0 saturated carbocycles. The Hall–Kier alpha value is -1.20. The van der Waals surface area contributed by atoms with Crippen LogP contribution in [0.25, 0.3) is 0 Å². The number of hydrogen-bond acceptors (Lipinski definition) is 4. The minimum Gasteiger partial charge on any atom is -0.468 e. The number of carbonyl (C=O) groups excluding carboxylic acids is 1. The Labute approximate surface area is 123 Å². The minimum absolute atomic E-state index is 0.0115. The first kappa shape index (κ1) is 13.8. The highest BCUT2D eigenvalue weighted by molar-refractivity contribution is 8.02. The van der Waals surface area contributed by atoms with Gasteiger partial charge in [0.1, 0.15) is 5.76 Å². The third kappa shape index (κ3) is 3.10. The second-order valence-electron chi connectivity index (χ2n) is 5.51. The third-order valence-electron chi connectivity index (χ3n) is 4.21. The number of aryl methyl sites for hydroxylation is 1. The lowest BCUT2D eigenvalue weighted by Gasteiger charge is -2.44. The number of carbonyl (C=O) groups is 1. The van der Waals surface area contributed by atoms with Crippen molar-refractivity contribution in [3.8, 4) is 0 Å². The van der Waals surface area contributed by atoms with Crippen molar-refractivity contribution in [3.05, 3.63) is 29.6 Å². The molecule has 0 spiro atoms. The van der Waals surface area contributed by atoms with Crippen molar-refractivity contribution in [2.24, 2.45) is 5.92 Å². The van der Waals surface area contributed by atoms with E-state index >= 15 is 0 Å². The highest BCUT2D eigenvalue weighted by atomic mass is 32.2. The van der Waals surface area contributed by atoms with E-state index in [1.807, 2.05) is 18.4 Å². The number of rotatable bonds is 4. The Morgan fingerprint density at radius 3 is 2.90 bits per heavy atom. The van der Waals surface area contributed by atoms with Gasteiger partial charge in [-0.25, -0.2) is 0 Å². The third-order valence-corrected chi connectivity index (χ3v) is 5.16. The van der Waals surface area contributed by atoms with Crippen LogP contribution < -0.4 is 5.32 Å².